The minimum atomic E-state index is -1.64. The molecule has 1 aliphatic heterocycles. The van der Waals surface area contributed by atoms with E-state index in [0.29, 0.717) is 19.0 Å². The van der Waals surface area contributed by atoms with Crippen molar-refractivity contribution >= 4 is 11.6 Å². The summed E-state index contributed by atoms with van der Waals surface area (Å²) >= 11 is 0. The lowest BCUT2D eigenvalue weighted by Gasteiger charge is -2.13. The highest BCUT2D eigenvalue weighted by Crippen LogP contribution is 2.22. The molecule has 1 aromatic heterocycles. The van der Waals surface area contributed by atoms with Gasteiger partial charge in [0.25, 0.3) is 5.91 Å². The highest BCUT2D eigenvalue weighted by atomic mass is 19.2. The Morgan fingerprint density at radius 3 is 2.86 bits per heavy atom. The molecule has 1 aromatic carbocycles. The molecule has 0 atom stereocenters. The number of halogens is 3. The molecule has 8 heteroatoms. The maximum absolute atomic E-state index is 13.5. The van der Waals surface area contributed by atoms with Gasteiger partial charge in [-0.05, 0) is 12.1 Å². The monoisotopic (exact) mass is 297 g/mol. The predicted molar refractivity (Wildman–Crippen MR) is 66.6 cm³/mol. The second-order valence-corrected chi connectivity index (χ2v) is 4.47. The first kappa shape index (κ1) is 13.5. The summed E-state index contributed by atoms with van der Waals surface area (Å²) in [5.41, 5.74) is -0.443. The summed E-state index contributed by atoms with van der Waals surface area (Å²) in [7, 11) is 0. The van der Waals surface area contributed by atoms with Crippen molar-refractivity contribution in [3.05, 3.63) is 41.3 Å². The molecule has 0 bridgehead atoms. The van der Waals surface area contributed by atoms with E-state index in [1.165, 1.54) is 10.7 Å². The number of anilines is 1. The zero-order chi connectivity index (χ0) is 15.0. The van der Waals surface area contributed by atoms with Gasteiger partial charge in [-0.15, -0.1) is 0 Å². The molecule has 5 nitrogen and oxygen atoms in total. The highest BCUT2D eigenvalue weighted by Gasteiger charge is 2.20. The quantitative estimate of drug-likeness (QED) is 0.866. The lowest BCUT2D eigenvalue weighted by atomic mass is 10.2. The highest BCUT2D eigenvalue weighted by molar-refractivity contribution is 6.03. The Hall–Kier alpha value is -2.51. The number of carbonyl (C=O) groups is 1. The molecule has 0 radical (unpaired) electrons. The Morgan fingerprint density at radius 2 is 2.10 bits per heavy atom. The van der Waals surface area contributed by atoms with Crippen LogP contribution in [0.3, 0.4) is 0 Å². The van der Waals surface area contributed by atoms with Gasteiger partial charge in [-0.25, -0.2) is 17.9 Å². The van der Waals surface area contributed by atoms with E-state index in [4.69, 9.17) is 4.74 Å². The lowest BCUT2D eigenvalue weighted by Crippen LogP contribution is -2.16. The Morgan fingerprint density at radius 1 is 1.29 bits per heavy atom. The van der Waals surface area contributed by atoms with E-state index in [9.17, 15) is 18.0 Å². The summed E-state index contributed by atoms with van der Waals surface area (Å²) in [6.07, 6.45) is 0.771. The molecule has 2 heterocycles. The normalized spacial score (nSPS) is 13.5. The third-order valence-corrected chi connectivity index (χ3v) is 3.02. The van der Waals surface area contributed by atoms with E-state index in [1.807, 2.05) is 0 Å². The molecule has 1 amide bonds. The van der Waals surface area contributed by atoms with Crippen LogP contribution >= 0.6 is 0 Å². The molecule has 1 aliphatic rings. The van der Waals surface area contributed by atoms with Crippen LogP contribution in [-0.2, 0) is 6.54 Å². The number of nitrogens with one attached hydrogen (secondary N) is 1. The third-order valence-electron chi connectivity index (χ3n) is 3.02. The van der Waals surface area contributed by atoms with Crippen molar-refractivity contribution < 1.29 is 22.7 Å². The van der Waals surface area contributed by atoms with Crippen molar-refractivity contribution in [2.75, 3.05) is 11.9 Å². The number of nitrogens with zero attached hydrogens (tertiary/aromatic N) is 2. The number of carbonyl (C=O) groups excluding carboxylic acids is 1. The third kappa shape index (κ3) is 2.44. The van der Waals surface area contributed by atoms with Crippen molar-refractivity contribution in [2.45, 2.75) is 13.0 Å². The van der Waals surface area contributed by atoms with Crippen molar-refractivity contribution in [1.82, 2.24) is 9.78 Å². The Kier molecular flexibility index (Phi) is 3.28. The second-order valence-electron chi connectivity index (χ2n) is 4.47. The summed E-state index contributed by atoms with van der Waals surface area (Å²) in [4.78, 5) is 12.0. The van der Waals surface area contributed by atoms with Gasteiger partial charge >= 0.3 is 0 Å². The van der Waals surface area contributed by atoms with E-state index in [-0.39, 0.29) is 5.69 Å². The first-order chi connectivity index (χ1) is 10.1. The van der Waals surface area contributed by atoms with Crippen LogP contribution in [0.4, 0.5) is 18.9 Å². The lowest BCUT2D eigenvalue weighted by molar-refractivity contribution is 0.102. The fourth-order valence-electron chi connectivity index (χ4n) is 1.99. The second kappa shape index (κ2) is 5.12. The first-order valence-electron chi connectivity index (χ1n) is 6.22. The van der Waals surface area contributed by atoms with Crippen LogP contribution in [0.2, 0.25) is 0 Å². The number of ether oxygens (including phenoxy) is 1. The molecule has 1 N–H and O–H groups in total. The number of aromatic nitrogens is 2. The van der Waals surface area contributed by atoms with Gasteiger partial charge in [0.2, 0.25) is 5.88 Å². The number of rotatable bonds is 2. The topological polar surface area (TPSA) is 56.2 Å². The van der Waals surface area contributed by atoms with Crippen LogP contribution in [0.15, 0.2) is 18.2 Å². The Bertz CT molecular complexity index is 691. The molecule has 110 valence electrons. The molecule has 0 unspecified atom stereocenters. The van der Waals surface area contributed by atoms with Crippen LogP contribution < -0.4 is 10.1 Å². The number of aryl methyl sites for hydroxylation is 1. The van der Waals surface area contributed by atoms with Crippen LogP contribution in [0.5, 0.6) is 5.88 Å². The molecule has 0 saturated heterocycles. The molecule has 21 heavy (non-hydrogen) atoms. The first-order valence-corrected chi connectivity index (χ1v) is 6.22. The number of hydrogen-bond donors (Lipinski definition) is 1. The Labute approximate surface area is 117 Å². The standard InChI is InChI=1S/C13H10F3N3O2/c14-7-2-3-8(12(16)11(7)15)17-13(20)9-6-10-19(18-9)4-1-5-21-10/h2-3,6H,1,4-5H2,(H,17,20). The van der Waals surface area contributed by atoms with Crippen LogP contribution in [0.25, 0.3) is 0 Å². The summed E-state index contributed by atoms with van der Waals surface area (Å²) in [5, 5.41) is 6.16. The van der Waals surface area contributed by atoms with Crippen LogP contribution in [0.1, 0.15) is 16.9 Å². The fraction of sp³-hybridized carbons (Fsp3) is 0.231. The van der Waals surface area contributed by atoms with Gasteiger partial charge < -0.3 is 10.1 Å². The molecular weight excluding hydrogens is 287 g/mol. The molecule has 2 aromatic rings. The van der Waals surface area contributed by atoms with E-state index in [2.05, 4.69) is 10.4 Å². The van der Waals surface area contributed by atoms with Gasteiger partial charge in [-0.1, -0.05) is 0 Å². The molecule has 0 spiro atoms. The van der Waals surface area contributed by atoms with Crippen LogP contribution in [-0.4, -0.2) is 22.3 Å². The van der Waals surface area contributed by atoms with Gasteiger partial charge in [0.05, 0.1) is 12.3 Å². The van der Waals surface area contributed by atoms with Crippen molar-refractivity contribution in [2.24, 2.45) is 0 Å². The molecular formula is C13H10F3N3O2. The molecule has 0 fully saturated rings. The van der Waals surface area contributed by atoms with Crippen LogP contribution in [0, 0.1) is 17.5 Å². The van der Waals surface area contributed by atoms with Gasteiger partial charge in [0.15, 0.2) is 23.1 Å². The summed E-state index contributed by atoms with van der Waals surface area (Å²) in [5.74, 6) is -4.71. The maximum atomic E-state index is 13.5. The van der Waals surface area contributed by atoms with Gasteiger partial charge in [0.1, 0.15) is 0 Å². The SMILES string of the molecule is O=C(Nc1ccc(F)c(F)c1F)c1cc2n(n1)CCCO2. The average Bonchev–Trinajstić information content (AvgIpc) is 2.92. The predicted octanol–water partition coefficient (Wildman–Crippen LogP) is 2.34. The zero-order valence-corrected chi connectivity index (χ0v) is 10.7. The number of amides is 1. The van der Waals surface area contributed by atoms with Gasteiger partial charge in [0, 0.05) is 19.0 Å². The molecule has 3 rings (SSSR count). The minimum absolute atomic E-state index is 0.0102. The van der Waals surface area contributed by atoms with Gasteiger partial charge in [-0.2, -0.15) is 5.10 Å². The fourth-order valence-corrected chi connectivity index (χ4v) is 1.99. The Balaban J connectivity index is 1.83. The zero-order valence-electron chi connectivity index (χ0n) is 10.7. The number of hydrogen-bond acceptors (Lipinski definition) is 3. The number of benzene rings is 1. The summed E-state index contributed by atoms with van der Waals surface area (Å²) in [6, 6.07) is 3.08. The van der Waals surface area contributed by atoms with Crippen molar-refractivity contribution in [3.63, 3.8) is 0 Å². The van der Waals surface area contributed by atoms with E-state index < -0.39 is 29.0 Å². The van der Waals surface area contributed by atoms with E-state index >= 15 is 0 Å². The van der Waals surface area contributed by atoms with Gasteiger partial charge in [-0.3, -0.25) is 4.79 Å². The average molecular weight is 297 g/mol. The largest absolute Gasteiger partial charge is 0.478 e. The summed E-state index contributed by atoms with van der Waals surface area (Å²) in [6.45, 7) is 1.15. The maximum Gasteiger partial charge on any atom is 0.276 e. The van der Waals surface area contributed by atoms with E-state index in [1.54, 1.807) is 0 Å². The van der Waals surface area contributed by atoms with Crippen molar-refractivity contribution in [3.8, 4) is 5.88 Å². The van der Waals surface area contributed by atoms with Crippen molar-refractivity contribution in [1.29, 1.82) is 0 Å². The smallest absolute Gasteiger partial charge is 0.276 e. The van der Waals surface area contributed by atoms with E-state index in [0.717, 1.165) is 18.6 Å². The molecule has 0 saturated carbocycles. The minimum Gasteiger partial charge on any atom is -0.478 e. The summed E-state index contributed by atoms with van der Waals surface area (Å²) < 4.78 is 46.2. The number of fused-ring (bicyclic) bond motifs is 1. The molecule has 0 aliphatic carbocycles.